The van der Waals surface area contributed by atoms with Gasteiger partial charge in [-0.05, 0) is 61.7 Å². The number of nitrogens with one attached hydrogen (secondary N) is 1. The molecule has 1 aromatic heterocycles. The summed E-state index contributed by atoms with van der Waals surface area (Å²) in [5, 5.41) is 23.8. The van der Waals surface area contributed by atoms with E-state index in [4.69, 9.17) is 0 Å². The van der Waals surface area contributed by atoms with Gasteiger partial charge in [-0.3, -0.25) is 4.79 Å². The zero-order valence-corrected chi connectivity index (χ0v) is 19.8. The van der Waals surface area contributed by atoms with Crippen LogP contribution in [-0.4, -0.2) is 39.7 Å². The molecule has 7 nitrogen and oxygen atoms in total. The van der Waals surface area contributed by atoms with Crippen LogP contribution < -0.4 is 14.8 Å². The summed E-state index contributed by atoms with van der Waals surface area (Å²) in [5.41, 5.74) is 1.64. The molecule has 1 fully saturated rings. The molecule has 1 aliphatic carbocycles. The maximum absolute atomic E-state index is 13.4. The maximum atomic E-state index is 13.4. The lowest BCUT2D eigenvalue weighted by Crippen LogP contribution is -2.28. The van der Waals surface area contributed by atoms with Crippen molar-refractivity contribution in [2.75, 3.05) is 11.9 Å². The Hall–Kier alpha value is -3.17. The van der Waals surface area contributed by atoms with E-state index in [0.29, 0.717) is 30.6 Å². The highest BCUT2D eigenvalue weighted by molar-refractivity contribution is 6.02. The molecule has 186 valence electrons. The monoisotopic (exact) mass is 486 g/mol. The van der Waals surface area contributed by atoms with Crippen molar-refractivity contribution in [1.82, 2.24) is 4.57 Å². The van der Waals surface area contributed by atoms with Crippen LogP contribution in [0.15, 0.2) is 42.5 Å². The van der Waals surface area contributed by atoms with Crippen molar-refractivity contribution in [3.05, 3.63) is 53.7 Å². The molecule has 5 rings (SSSR count). The summed E-state index contributed by atoms with van der Waals surface area (Å²) in [6, 6.07) is 12.0. The number of hydrogen-bond donors (Lipinski definition) is 3. The van der Waals surface area contributed by atoms with Crippen LogP contribution in [0.4, 0.5) is 14.5 Å². The summed E-state index contributed by atoms with van der Waals surface area (Å²) in [6.45, 7) is 5.89. The van der Waals surface area contributed by atoms with Crippen molar-refractivity contribution < 1.29 is 33.3 Å². The number of halogens is 2. The number of ether oxygens (including phenoxy) is 2. The van der Waals surface area contributed by atoms with Crippen LogP contribution >= 0.6 is 0 Å². The molecule has 35 heavy (non-hydrogen) atoms. The Kier molecular flexibility index (Phi) is 5.34. The molecule has 2 aliphatic rings. The molecule has 0 unspecified atom stereocenters. The van der Waals surface area contributed by atoms with Gasteiger partial charge in [-0.1, -0.05) is 19.9 Å². The standard InChI is InChI=1S/C26H28F2N2O5/c1-15(32)13-30-19-6-5-18(10-16(19)11-22(30)24(2,3)14-31)29-23(33)25(8-9-25)17-4-7-20-21(12-17)35-26(27,28)34-20/h4-7,10-12,15,31-32H,8-9,13-14H2,1-3H3,(H,29,33)/t15-/m0/s1. The predicted molar refractivity (Wildman–Crippen MR) is 126 cm³/mol. The van der Waals surface area contributed by atoms with Crippen LogP contribution in [0.25, 0.3) is 10.9 Å². The van der Waals surface area contributed by atoms with Gasteiger partial charge in [0.05, 0.1) is 18.1 Å². The third-order valence-electron chi connectivity index (χ3n) is 6.83. The summed E-state index contributed by atoms with van der Waals surface area (Å²) < 4.78 is 37.8. The molecule has 1 atom stereocenters. The fraction of sp³-hybridized carbons (Fsp3) is 0.423. The fourth-order valence-electron chi connectivity index (χ4n) is 4.72. The topological polar surface area (TPSA) is 93.0 Å². The highest BCUT2D eigenvalue weighted by Crippen LogP contribution is 2.52. The number of alkyl halides is 2. The highest BCUT2D eigenvalue weighted by atomic mass is 19.3. The van der Waals surface area contributed by atoms with E-state index in [1.165, 1.54) is 12.1 Å². The van der Waals surface area contributed by atoms with Crippen LogP contribution in [0.1, 0.15) is 44.9 Å². The molecule has 0 radical (unpaired) electrons. The molecule has 3 aromatic rings. The minimum Gasteiger partial charge on any atom is -0.395 e. The van der Waals surface area contributed by atoms with Crippen molar-refractivity contribution >= 4 is 22.5 Å². The summed E-state index contributed by atoms with van der Waals surface area (Å²) in [4.78, 5) is 13.3. The second-order valence-corrected chi connectivity index (χ2v) is 10.2. The van der Waals surface area contributed by atoms with Crippen LogP contribution in [0.5, 0.6) is 11.5 Å². The van der Waals surface area contributed by atoms with Gasteiger partial charge in [0.15, 0.2) is 11.5 Å². The molecule has 9 heteroatoms. The number of carbonyl (C=O) groups excluding carboxylic acids is 1. The number of aromatic nitrogens is 1. The first kappa shape index (κ1) is 23.6. The van der Waals surface area contributed by atoms with E-state index in [1.807, 2.05) is 36.6 Å². The minimum atomic E-state index is -3.71. The van der Waals surface area contributed by atoms with Crippen molar-refractivity contribution in [1.29, 1.82) is 0 Å². The lowest BCUT2D eigenvalue weighted by atomic mass is 9.90. The first-order chi connectivity index (χ1) is 16.4. The Balaban J connectivity index is 1.43. The fourth-order valence-corrected chi connectivity index (χ4v) is 4.72. The molecule has 1 aliphatic heterocycles. The Labute approximate surface area is 201 Å². The SMILES string of the molecule is C[C@H](O)Cn1c(C(C)(C)CO)cc2cc(NC(=O)C3(c4ccc5c(c4)OC(F)(F)O5)CC3)ccc21. The van der Waals surface area contributed by atoms with E-state index in [9.17, 15) is 23.8 Å². The van der Waals surface area contributed by atoms with Crippen molar-refractivity contribution in [3.63, 3.8) is 0 Å². The van der Waals surface area contributed by atoms with Crippen molar-refractivity contribution in [2.45, 2.75) is 63.4 Å². The first-order valence-corrected chi connectivity index (χ1v) is 11.6. The third-order valence-corrected chi connectivity index (χ3v) is 6.83. The highest BCUT2D eigenvalue weighted by Gasteiger charge is 2.52. The van der Waals surface area contributed by atoms with Gasteiger partial charge in [-0.2, -0.15) is 0 Å². The van der Waals surface area contributed by atoms with E-state index in [1.54, 1.807) is 19.1 Å². The molecule has 0 spiro atoms. The van der Waals surface area contributed by atoms with Crippen LogP contribution in [0.3, 0.4) is 0 Å². The Bertz CT molecular complexity index is 1310. The van der Waals surface area contributed by atoms with Crippen LogP contribution in [0, 0.1) is 0 Å². The molecule has 1 saturated carbocycles. The summed E-state index contributed by atoms with van der Waals surface area (Å²) in [5.74, 6) is -0.350. The van der Waals surface area contributed by atoms with E-state index < -0.39 is 23.2 Å². The molecule has 0 saturated heterocycles. The maximum Gasteiger partial charge on any atom is 0.586 e. The number of benzene rings is 2. The van der Waals surface area contributed by atoms with Gasteiger partial charge in [0.2, 0.25) is 5.91 Å². The number of amides is 1. The number of hydrogen-bond acceptors (Lipinski definition) is 5. The zero-order chi connectivity index (χ0) is 25.2. The van der Waals surface area contributed by atoms with Gasteiger partial charge in [0.25, 0.3) is 0 Å². The Morgan fingerprint density at radius 3 is 2.51 bits per heavy atom. The second-order valence-electron chi connectivity index (χ2n) is 10.2. The van der Waals surface area contributed by atoms with E-state index in [0.717, 1.165) is 16.6 Å². The van der Waals surface area contributed by atoms with E-state index >= 15 is 0 Å². The second kappa shape index (κ2) is 7.93. The Morgan fingerprint density at radius 2 is 1.86 bits per heavy atom. The molecular formula is C26H28F2N2O5. The third kappa shape index (κ3) is 4.12. The molecule has 1 amide bonds. The quantitative estimate of drug-likeness (QED) is 0.464. The van der Waals surface area contributed by atoms with Gasteiger partial charge < -0.3 is 29.6 Å². The molecule has 0 bridgehead atoms. The number of rotatable bonds is 7. The number of aliphatic hydroxyl groups excluding tert-OH is 2. The van der Waals surface area contributed by atoms with Crippen molar-refractivity contribution in [2.24, 2.45) is 0 Å². The molecular weight excluding hydrogens is 458 g/mol. The van der Waals surface area contributed by atoms with Gasteiger partial charge in [-0.25, -0.2) is 0 Å². The van der Waals surface area contributed by atoms with Gasteiger partial charge in [0.1, 0.15) is 0 Å². The predicted octanol–water partition coefficient (Wildman–Crippen LogP) is 4.28. The first-order valence-electron chi connectivity index (χ1n) is 11.6. The smallest absolute Gasteiger partial charge is 0.395 e. The average Bonchev–Trinajstić information content (AvgIpc) is 3.43. The van der Waals surface area contributed by atoms with Crippen LogP contribution in [0.2, 0.25) is 0 Å². The number of carbonyl (C=O) groups is 1. The Morgan fingerprint density at radius 1 is 1.14 bits per heavy atom. The van der Waals surface area contributed by atoms with Gasteiger partial charge in [0, 0.05) is 34.2 Å². The van der Waals surface area contributed by atoms with Gasteiger partial charge in [-0.15, -0.1) is 8.78 Å². The molecule has 2 aromatic carbocycles. The molecule has 3 N–H and O–H groups in total. The van der Waals surface area contributed by atoms with Gasteiger partial charge >= 0.3 is 6.29 Å². The molecule has 2 heterocycles. The zero-order valence-electron chi connectivity index (χ0n) is 19.8. The minimum absolute atomic E-state index is 0.0521. The van der Waals surface area contributed by atoms with Crippen LogP contribution in [-0.2, 0) is 22.2 Å². The number of aliphatic hydroxyl groups is 2. The number of fused-ring (bicyclic) bond motifs is 2. The normalized spacial score (nSPS) is 18.5. The summed E-state index contributed by atoms with van der Waals surface area (Å²) in [7, 11) is 0. The number of anilines is 1. The van der Waals surface area contributed by atoms with Crippen molar-refractivity contribution in [3.8, 4) is 11.5 Å². The summed E-state index contributed by atoms with van der Waals surface area (Å²) in [6.07, 6.45) is -3.09. The number of nitrogens with zero attached hydrogens (tertiary/aromatic N) is 1. The van der Waals surface area contributed by atoms with E-state index in [2.05, 4.69) is 14.8 Å². The summed E-state index contributed by atoms with van der Waals surface area (Å²) >= 11 is 0. The van der Waals surface area contributed by atoms with E-state index in [-0.39, 0.29) is 24.0 Å². The average molecular weight is 487 g/mol. The lowest BCUT2D eigenvalue weighted by molar-refractivity contribution is -0.286. The lowest BCUT2D eigenvalue weighted by Gasteiger charge is -2.25. The largest absolute Gasteiger partial charge is 0.586 e.